The maximum atomic E-state index is 12.7. The highest BCUT2D eigenvalue weighted by atomic mass is 28.4. The van der Waals surface area contributed by atoms with Crippen molar-refractivity contribution in [1.82, 2.24) is 0 Å². The van der Waals surface area contributed by atoms with E-state index in [1.807, 2.05) is 13.0 Å². The number of aliphatic hydroxyl groups excluding tert-OH is 1. The zero-order valence-electron chi connectivity index (χ0n) is 34.6. The van der Waals surface area contributed by atoms with Crippen LogP contribution in [0.5, 0.6) is 0 Å². The highest BCUT2D eigenvalue weighted by Crippen LogP contribution is 2.46. The Morgan fingerprint density at radius 2 is 1.70 bits per heavy atom. The van der Waals surface area contributed by atoms with Crippen LogP contribution in [-0.4, -0.2) is 87.6 Å². The Kier molecular flexibility index (Phi) is 17.0. The Morgan fingerprint density at radius 3 is 2.28 bits per heavy atom. The summed E-state index contributed by atoms with van der Waals surface area (Å²) < 4.78 is 31.5. The largest absolute Gasteiger partial charge is 0.466 e. The van der Waals surface area contributed by atoms with Crippen molar-refractivity contribution in [1.29, 1.82) is 0 Å². The summed E-state index contributed by atoms with van der Waals surface area (Å²) in [5, 5.41) is 23.5. The van der Waals surface area contributed by atoms with Crippen LogP contribution < -0.4 is 0 Å². The van der Waals surface area contributed by atoms with E-state index >= 15 is 0 Å². The fourth-order valence-electron chi connectivity index (χ4n) is 8.09. The number of aliphatic hydroxyl groups is 2. The lowest BCUT2D eigenvalue weighted by atomic mass is 9.77. The van der Waals surface area contributed by atoms with Gasteiger partial charge in [-0.05, 0) is 68.3 Å². The van der Waals surface area contributed by atoms with Gasteiger partial charge in [0, 0.05) is 39.7 Å². The molecule has 2 fully saturated rings. The number of carbonyl (C=O) groups excluding carboxylic acids is 2. The maximum Gasteiger partial charge on any atom is 0.306 e. The highest BCUT2D eigenvalue weighted by molar-refractivity contribution is 6.76. The first-order valence-electron chi connectivity index (χ1n) is 20.2. The second-order valence-corrected chi connectivity index (χ2v) is 27.9. The van der Waals surface area contributed by atoms with E-state index in [0.717, 1.165) is 42.6 Å². The Labute approximate surface area is 322 Å². The van der Waals surface area contributed by atoms with E-state index in [-0.39, 0.29) is 49.3 Å². The quantitative estimate of drug-likeness (QED) is 0.0764. The monoisotopic (exact) mass is 776 g/mol. The van der Waals surface area contributed by atoms with Crippen molar-refractivity contribution in [2.75, 3.05) is 13.2 Å². The smallest absolute Gasteiger partial charge is 0.306 e. The molecular weight excluding hydrogens is 705 g/mol. The van der Waals surface area contributed by atoms with Crippen LogP contribution in [-0.2, 0) is 39.4 Å². The third kappa shape index (κ3) is 13.7. The zero-order valence-corrected chi connectivity index (χ0v) is 36.6. The summed E-state index contributed by atoms with van der Waals surface area (Å²) >= 11 is 0. The van der Waals surface area contributed by atoms with Gasteiger partial charge >= 0.3 is 11.9 Å². The molecular formula is C42H72O9Si2. The van der Waals surface area contributed by atoms with Gasteiger partial charge in [-0.15, -0.1) is 0 Å². The van der Waals surface area contributed by atoms with Gasteiger partial charge in [0.2, 0.25) is 5.79 Å². The SMILES string of the molecule is C=C(CC1CC(C)(O)CC2(OCC(CC(=O)OCC[Si](C)(C)C)CC2OC(C)=O)O1)C(C)C(O)C(C)C(CCc1ccccc1)O[Si](CC)(CC)CC. The molecule has 11 heteroatoms. The van der Waals surface area contributed by atoms with Gasteiger partial charge in [-0.1, -0.05) is 96.7 Å². The number of hydrogen-bond donors (Lipinski definition) is 2. The molecule has 2 saturated heterocycles. The first-order chi connectivity index (χ1) is 24.8. The van der Waals surface area contributed by atoms with Crippen LogP contribution in [0.25, 0.3) is 0 Å². The standard InChI is InChI=1S/C42H72O9Si2/c1-12-53(13-2,14-3)51-37(21-20-34-18-16-15-17-19-34)32(6)40(45)31(5)30(4)24-36-27-41(8,46)29-42(50-36)38(49-33(7)43)25-35(28-48-42)26-39(44)47-22-23-52(9,10)11/h15-19,31-32,35-38,40,45-46H,4,12-14,20-29H2,1-3,5-11H3. The van der Waals surface area contributed by atoms with Crippen molar-refractivity contribution in [2.45, 2.75) is 173 Å². The molecule has 9 atom stereocenters. The van der Waals surface area contributed by atoms with Crippen LogP contribution in [0.4, 0.5) is 0 Å². The van der Waals surface area contributed by atoms with E-state index in [0.29, 0.717) is 25.9 Å². The molecule has 2 N–H and O–H groups in total. The molecule has 0 bridgehead atoms. The van der Waals surface area contributed by atoms with Crippen LogP contribution in [0, 0.1) is 17.8 Å². The molecule has 0 aliphatic carbocycles. The number of carbonyl (C=O) groups is 2. The second kappa shape index (κ2) is 19.8. The van der Waals surface area contributed by atoms with E-state index in [1.54, 1.807) is 6.92 Å². The fourth-order valence-corrected chi connectivity index (χ4v) is 11.8. The van der Waals surface area contributed by atoms with Crippen molar-refractivity contribution in [3.63, 3.8) is 0 Å². The van der Waals surface area contributed by atoms with Crippen molar-refractivity contribution >= 4 is 28.3 Å². The molecule has 1 aromatic rings. The zero-order chi connectivity index (χ0) is 39.6. The van der Waals surface area contributed by atoms with Crippen LogP contribution >= 0.6 is 0 Å². The third-order valence-corrected chi connectivity index (χ3v) is 18.2. The van der Waals surface area contributed by atoms with Crippen molar-refractivity contribution < 1.29 is 43.2 Å². The summed E-state index contributed by atoms with van der Waals surface area (Å²) in [6.45, 7) is 25.7. The molecule has 9 unspecified atom stereocenters. The first kappa shape index (κ1) is 45.5. The molecule has 3 rings (SSSR count). The molecule has 1 spiro atoms. The van der Waals surface area contributed by atoms with Crippen molar-refractivity contribution in [2.24, 2.45) is 17.8 Å². The topological polar surface area (TPSA) is 121 Å². The van der Waals surface area contributed by atoms with Gasteiger partial charge < -0.3 is 33.6 Å². The molecule has 2 heterocycles. The fraction of sp³-hybridized carbons (Fsp3) is 0.762. The molecule has 1 aromatic carbocycles. The van der Waals surface area contributed by atoms with Gasteiger partial charge in [0.25, 0.3) is 0 Å². The van der Waals surface area contributed by atoms with Crippen molar-refractivity contribution in [3.05, 3.63) is 48.0 Å². The Bertz CT molecular complexity index is 1300. The summed E-state index contributed by atoms with van der Waals surface area (Å²) in [4.78, 5) is 25.1. The minimum absolute atomic E-state index is 0.104. The molecule has 302 valence electrons. The maximum absolute atomic E-state index is 12.7. The average molecular weight is 777 g/mol. The van der Waals surface area contributed by atoms with E-state index in [2.05, 4.69) is 78.2 Å². The number of hydrogen-bond acceptors (Lipinski definition) is 9. The van der Waals surface area contributed by atoms with Crippen molar-refractivity contribution in [3.8, 4) is 0 Å². The Hall–Kier alpha value is -1.87. The summed E-state index contributed by atoms with van der Waals surface area (Å²) in [6, 6.07) is 14.4. The molecule has 2 aliphatic rings. The van der Waals surface area contributed by atoms with Crippen LogP contribution in [0.2, 0.25) is 43.8 Å². The summed E-state index contributed by atoms with van der Waals surface area (Å²) in [7, 11) is -3.31. The minimum Gasteiger partial charge on any atom is -0.466 e. The first-order valence-corrected chi connectivity index (χ1v) is 26.4. The summed E-state index contributed by atoms with van der Waals surface area (Å²) in [6.07, 6.45) is 0.897. The number of rotatable bonds is 20. The number of aryl methyl sites for hydroxylation is 1. The van der Waals surface area contributed by atoms with Gasteiger partial charge in [0.15, 0.2) is 14.4 Å². The van der Waals surface area contributed by atoms with Gasteiger partial charge in [-0.2, -0.15) is 0 Å². The predicted molar refractivity (Wildman–Crippen MR) is 216 cm³/mol. The molecule has 0 saturated carbocycles. The molecule has 0 radical (unpaired) electrons. The molecule has 9 nitrogen and oxygen atoms in total. The lowest BCUT2D eigenvalue weighted by Gasteiger charge is -2.52. The predicted octanol–water partition coefficient (Wildman–Crippen LogP) is 8.46. The second-order valence-electron chi connectivity index (χ2n) is 17.6. The van der Waals surface area contributed by atoms with Crippen LogP contribution in [0.3, 0.4) is 0 Å². The van der Waals surface area contributed by atoms with Crippen LogP contribution in [0.15, 0.2) is 42.5 Å². The normalized spacial score (nSPS) is 27.4. The lowest BCUT2D eigenvalue weighted by molar-refractivity contribution is -0.362. The molecule has 2 aliphatic heterocycles. The third-order valence-electron chi connectivity index (χ3n) is 11.8. The van der Waals surface area contributed by atoms with Gasteiger partial charge in [0.05, 0.1) is 43.5 Å². The van der Waals surface area contributed by atoms with Crippen LogP contribution in [0.1, 0.15) is 92.6 Å². The number of ether oxygens (including phenoxy) is 4. The van der Waals surface area contributed by atoms with Gasteiger partial charge in [0.1, 0.15) is 0 Å². The van der Waals surface area contributed by atoms with Gasteiger partial charge in [-0.3, -0.25) is 9.59 Å². The number of esters is 2. The van der Waals surface area contributed by atoms with E-state index < -0.39 is 52.1 Å². The van der Waals surface area contributed by atoms with E-state index in [1.165, 1.54) is 12.5 Å². The van der Waals surface area contributed by atoms with E-state index in [4.69, 9.17) is 23.4 Å². The minimum atomic E-state index is -1.96. The summed E-state index contributed by atoms with van der Waals surface area (Å²) in [5.74, 6) is -2.79. The highest BCUT2D eigenvalue weighted by Gasteiger charge is 2.56. The molecule has 53 heavy (non-hydrogen) atoms. The average Bonchev–Trinajstić information content (AvgIpc) is 3.08. The summed E-state index contributed by atoms with van der Waals surface area (Å²) in [5.41, 5.74) is 0.894. The number of benzene rings is 1. The molecule has 0 aromatic heterocycles. The Balaban J connectivity index is 1.73. The Morgan fingerprint density at radius 1 is 1.06 bits per heavy atom. The lowest BCUT2D eigenvalue weighted by Crippen LogP contribution is -2.62. The van der Waals surface area contributed by atoms with Gasteiger partial charge in [-0.25, -0.2) is 0 Å². The van der Waals surface area contributed by atoms with E-state index in [9.17, 15) is 19.8 Å². The molecule has 0 amide bonds.